The van der Waals surface area contributed by atoms with Gasteiger partial charge in [-0.2, -0.15) is 4.98 Å². The van der Waals surface area contributed by atoms with Crippen molar-refractivity contribution < 1.29 is 9.26 Å². The standard InChI is InChI=1S/C11H15N3O2/c1-3-6-12-8-9-13-10(14-16-9)11(2)5-4-7-15-11/h1,12H,4-8H2,2H3. The summed E-state index contributed by atoms with van der Waals surface area (Å²) in [6.45, 7) is 3.73. The van der Waals surface area contributed by atoms with E-state index in [0.29, 0.717) is 24.8 Å². The smallest absolute Gasteiger partial charge is 0.240 e. The van der Waals surface area contributed by atoms with Crippen molar-refractivity contribution in [2.45, 2.75) is 31.9 Å². The van der Waals surface area contributed by atoms with Crippen molar-refractivity contribution in [3.8, 4) is 12.3 Å². The molecule has 1 unspecified atom stereocenters. The van der Waals surface area contributed by atoms with Crippen LogP contribution in [-0.2, 0) is 16.9 Å². The molecule has 2 heterocycles. The van der Waals surface area contributed by atoms with Gasteiger partial charge in [0.2, 0.25) is 11.7 Å². The molecule has 86 valence electrons. The van der Waals surface area contributed by atoms with Gasteiger partial charge in [0.15, 0.2) is 0 Å². The van der Waals surface area contributed by atoms with Crippen LogP contribution in [0.5, 0.6) is 0 Å². The molecular weight excluding hydrogens is 206 g/mol. The molecule has 0 aliphatic carbocycles. The summed E-state index contributed by atoms with van der Waals surface area (Å²) in [7, 11) is 0. The summed E-state index contributed by atoms with van der Waals surface area (Å²) < 4.78 is 10.7. The van der Waals surface area contributed by atoms with Crippen LogP contribution in [0.2, 0.25) is 0 Å². The van der Waals surface area contributed by atoms with Gasteiger partial charge in [0.25, 0.3) is 0 Å². The topological polar surface area (TPSA) is 60.2 Å². The van der Waals surface area contributed by atoms with Gasteiger partial charge >= 0.3 is 0 Å². The lowest BCUT2D eigenvalue weighted by Gasteiger charge is -2.17. The number of rotatable bonds is 4. The average Bonchev–Trinajstić information content (AvgIpc) is 2.88. The van der Waals surface area contributed by atoms with Crippen molar-refractivity contribution in [3.63, 3.8) is 0 Å². The lowest BCUT2D eigenvalue weighted by atomic mass is 10.0. The van der Waals surface area contributed by atoms with E-state index in [9.17, 15) is 0 Å². The molecule has 5 nitrogen and oxygen atoms in total. The number of hydrogen-bond donors (Lipinski definition) is 1. The molecule has 1 atom stereocenters. The van der Waals surface area contributed by atoms with Crippen molar-refractivity contribution in [3.05, 3.63) is 11.7 Å². The number of aromatic nitrogens is 2. The second kappa shape index (κ2) is 4.64. The fourth-order valence-electron chi connectivity index (χ4n) is 1.74. The van der Waals surface area contributed by atoms with E-state index in [4.69, 9.17) is 15.7 Å². The van der Waals surface area contributed by atoms with Crippen LogP contribution < -0.4 is 5.32 Å². The van der Waals surface area contributed by atoms with Gasteiger partial charge in [-0.1, -0.05) is 11.1 Å². The van der Waals surface area contributed by atoms with Crippen LogP contribution in [0.3, 0.4) is 0 Å². The highest BCUT2D eigenvalue weighted by Crippen LogP contribution is 2.33. The van der Waals surface area contributed by atoms with Crippen LogP contribution in [0.25, 0.3) is 0 Å². The van der Waals surface area contributed by atoms with Gasteiger partial charge in [-0.05, 0) is 19.8 Å². The van der Waals surface area contributed by atoms with E-state index >= 15 is 0 Å². The largest absolute Gasteiger partial charge is 0.367 e. The molecule has 1 aliphatic heterocycles. The number of terminal acetylenes is 1. The molecule has 5 heteroatoms. The highest BCUT2D eigenvalue weighted by Gasteiger charge is 2.36. The molecule has 1 aromatic rings. The molecule has 0 radical (unpaired) electrons. The molecule has 16 heavy (non-hydrogen) atoms. The number of nitrogens with zero attached hydrogens (tertiary/aromatic N) is 2. The summed E-state index contributed by atoms with van der Waals surface area (Å²) in [5.41, 5.74) is -0.381. The van der Waals surface area contributed by atoms with Crippen LogP contribution in [0, 0.1) is 12.3 Å². The Labute approximate surface area is 94.6 Å². The van der Waals surface area contributed by atoms with Gasteiger partial charge in [0.1, 0.15) is 5.60 Å². The normalized spacial score (nSPS) is 24.5. The summed E-state index contributed by atoms with van der Waals surface area (Å²) in [5, 5.41) is 6.94. The lowest BCUT2D eigenvalue weighted by Crippen LogP contribution is -2.22. The zero-order valence-corrected chi connectivity index (χ0v) is 9.32. The third-order valence-corrected chi connectivity index (χ3v) is 2.66. The molecule has 0 saturated carbocycles. The van der Waals surface area contributed by atoms with E-state index in [1.165, 1.54) is 0 Å². The first-order chi connectivity index (χ1) is 7.74. The minimum absolute atomic E-state index is 0.381. The maximum absolute atomic E-state index is 5.63. The Kier molecular flexibility index (Phi) is 3.22. The third-order valence-electron chi connectivity index (χ3n) is 2.66. The van der Waals surface area contributed by atoms with E-state index in [-0.39, 0.29) is 5.60 Å². The maximum Gasteiger partial charge on any atom is 0.240 e. The molecule has 2 rings (SSSR count). The van der Waals surface area contributed by atoms with Gasteiger partial charge in [0, 0.05) is 6.61 Å². The Hall–Kier alpha value is -1.38. The van der Waals surface area contributed by atoms with Crippen molar-refractivity contribution in [2.75, 3.05) is 13.2 Å². The molecule has 0 bridgehead atoms. The predicted molar refractivity (Wildman–Crippen MR) is 57.4 cm³/mol. The molecule has 1 N–H and O–H groups in total. The van der Waals surface area contributed by atoms with Gasteiger partial charge < -0.3 is 9.26 Å². The number of ether oxygens (including phenoxy) is 1. The van der Waals surface area contributed by atoms with Crippen molar-refractivity contribution >= 4 is 0 Å². The Morgan fingerprint density at radius 1 is 1.62 bits per heavy atom. The molecular formula is C11H15N3O2. The van der Waals surface area contributed by atoms with Gasteiger partial charge in [-0.3, -0.25) is 5.32 Å². The Morgan fingerprint density at radius 3 is 3.19 bits per heavy atom. The van der Waals surface area contributed by atoms with Crippen molar-refractivity contribution in [1.29, 1.82) is 0 Å². The van der Waals surface area contributed by atoms with Crippen LogP contribution in [0.4, 0.5) is 0 Å². The quantitative estimate of drug-likeness (QED) is 0.602. The van der Waals surface area contributed by atoms with E-state index < -0.39 is 0 Å². The minimum Gasteiger partial charge on any atom is -0.367 e. The molecule has 1 saturated heterocycles. The molecule has 1 fully saturated rings. The van der Waals surface area contributed by atoms with E-state index in [0.717, 1.165) is 19.4 Å². The summed E-state index contributed by atoms with van der Waals surface area (Å²) in [6.07, 6.45) is 7.09. The summed E-state index contributed by atoms with van der Waals surface area (Å²) >= 11 is 0. The highest BCUT2D eigenvalue weighted by atomic mass is 16.5. The second-order valence-electron chi connectivity index (χ2n) is 4.00. The van der Waals surface area contributed by atoms with Crippen LogP contribution in [-0.4, -0.2) is 23.3 Å². The number of nitrogens with one attached hydrogen (secondary N) is 1. The second-order valence-corrected chi connectivity index (χ2v) is 4.00. The zero-order chi connectivity index (χ0) is 11.4. The van der Waals surface area contributed by atoms with Gasteiger partial charge in [-0.25, -0.2) is 0 Å². The Balaban J connectivity index is 1.99. The van der Waals surface area contributed by atoms with Crippen LogP contribution in [0.1, 0.15) is 31.5 Å². The summed E-state index contributed by atoms with van der Waals surface area (Å²) in [5.74, 6) is 3.65. The lowest BCUT2D eigenvalue weighted by molar-refractivity contribution is 0.00768. The first kappa shape index (κ1) is 11.1. The molecule has 0 amide bonds. The van der Waals surface area contributed by atoms with Crippen LogP contribution >= 0.6 is 0 Å². The average molecular weight is 221 g/mol. The van der Waals surface area contributed by atoms with Crippen molar-refractivity contribution in [2.24, 2.45) is 0 Å². The first-order valence-electron chi connectivity index (χ1n) is 5.36. The summed E-state index contributed by atoms with van der Waals surface area (Å²) in [6, 6.07) is 0. The van der Waals surface area contributed by atoms with Gasteiger partial charge in [-0.15, -0.1) is 6.42 Å². The van der Waals surface area contributed by atoms with Gasteiger partial charge in [0.05, 0.1) is 13.1 Å². The molecule has 1 aliphatic rings. The van der Waals surface area contributed by atoms with E-state index in [1.807, 2.05) is 6.92 Å². The fraction of sp³-hybridized carbons (Fsp3) is 0.636. The summed E-state index contributed by atoms with van der Waals surface area (Å²) in [4.78, 5) is 4.30. The zero-order valence-electron chi connectivity index (χ0n) is 9.32. The van der Waals surface area contributed by atoms with E-state index in [1.54, 1.807) is 0 Å². The van der Waals surface area contributed by atoms with Crippen molar-refractivity contribution in [1.82, 2.24) is 15.5 Å². The monoisotopic (exact) mass is 221 g/mol. The molecule has 0 aromatic carbocycles. The predicted octanol–water partition coefficient (Wildman–Crippen LogP) is 0.818. The molecule has 0 spiro atoms. The maximum atomic E-state index is 5.63. The van der Waals surface area contributed by atoms with E-state index in [2.05, 4.69) is 21.4 Å². The molecule has 1 aromatic heterocycles. The third kappa shape index (κ3) is 2.23. The SMILES string of the molecule is C#CCNCc1nc(C2(C)CCCO2)no1. The Bertz CT molecular complexity index is 388. The minimum atomic E-state index is -0.381. The number of hydrogen-bond acceptors (Lipinski definition) is 5. The highest BCUT2D eigenvalue weighted by molar-refractivity contribution is 5.01. The Morgan fingerprint density at radius 2 is 2.50 bits per heavy atom. The fourth-order valence-corrected chi connectivity index (χ4v) is 1.74. The van der Waals surface area contributed by atoms with Crippen LogP contribution in [0.15, 0.2) is 4.52 Å². The first-order valence-corrected chi connectivity index (χ1v) is 5.36.